The average Bonchev–Trinajstić information content (AvgIpc) is 2.82. The van der Waals surface area contributed by atoms with Crippen LogP contribution >= 0.6 is 12.4 Å². The molecule has 1 aliphatic rings. The molecule has 0 saturated carbocycles. The molecular weight excluding hydrogens is 462 g/mol. The second-order valence-corrected chi connectivity index (χ2v) is 7.66. The van der Waals surface area contributed by atoms with Crippen molar-refractivity contribution in [1.82, 2.24) is 20.5 Å². The quantitative estimate of drug-likeness (QED) is 0.239. The number of nitrogens with two attached hydrogens (primary N) is 1. The number of hydrogen-bond donors (Lipinski definition) is 6. The Balaban J connectivity index is 0.00000408. The molecule has 0 bridgehead atoms. The smallest absolute Gasteiger partial charge is 0.407 e. The third-order valence-corrected chi connectivity index (χ3v) is 5.28. The number of aromatic nitrogens is 1. The Morgan fingerprint density at radius 3 is 2.53 bits per heavy atom. The van der Waals surface area contributed by atoms with Crippen molar-refractivity contribution < 1.29 is 19.5 Å². The van der Waals surface area contributed by atoms with Crippen molar-refractivity contribution in [2.24, 2.45) is 5.73 Å². The number of anilines is 1. The molecule has 1 aliphatic heterocycles. The van der Waals surface area contributed by atoms with E-state index in [0.717, 1.165) is 0 Å². The number of rotatable bonds is 8. The molecule has 7 N–H and O–H groups in total. The lowest BCUT2D eigenvalue weighted by molar-refractivity contribution is -0.127. The molecule has 2 aromatic rings. The summed E-state index contributed by atoms with van der Waals surface area (Å²) in [6, 6.07) is 11.0. The molecule has 0 spiro atoms. The van der Waals surface area contributed by atoms with E-state index >= 15 is 0 Å². The van der Waals surface area contributed by atoms with Gasteiger partial charge in [-0.1, -0.05) is 18.2 Å². The molecule has 12 heteroatoms. The van der Waals surface area contributed by atoms with Crippen molar-refractivity contribution in [3.63, 3.8) is 0 Å². The number of carboxylic acid groups (broad SMARTS) is 1. The Bertz CT molecular complexity index is 1010. The number of amides is 3. The molecule has 1 atom stereocenters. The van der Waals surface area contributed by atoms with Crippen molar-refractivity contribution in [2.45, 2.75) is 24.9 Å². The summed E-state index contributed by atoms with van der Waals surface area (Å²) in [6.45, 7) is 0.492. The Kier molecular flexibility index (Phi) is 9.62. The predicted octanol–water partition coefficient (Wildman–Crippen LogP) is 1.32. The highest BCUT2D eigenvalue weighted by Gasteiger charge is 2.25. The molecule has 34 heavy (non-hydrogen) atoms. The molecule has 1 aromatic carbocycles. The maximum absolute atomic E-state index is 12.9. The van der Waals surface area contributed by atoms with Gasteiger partial charge in [-0.05, 0) is 37.1 Å². The second-order valence-electron chi connectivity index (χ2n) is 7.66. The van der Waals surface area contributed by atoms with Crippen LogP contribution in [-0.4, -0.2) is 64.4 Å². The average molecular weight is 490 g/mol. The number of likely N-dealkylation sites (tertiary alicyclic amines) is 1. The number of pyridine rings is 1. The zero-order valence-corrected chi connectivity index (χ0v) is 19.2. The van der Waals surface area contributed by atoms with Crippen LogP contribution < -0.4 is 21.7 Å². The first-order valence-electron chi connectivity index (χ1n) is 10.5. The molecule has 0 aliphatic carbocycles. The van der Waals surface area contributed by atoms with Crippen LogP contribution in [0, 0.1) is 5.41 Å². The van der Waals surface area contributed by atoms with Gasteiger partial charge in [-0.2, -0.15) is 0 Å². The van der Waals surface area contributed by atoms with Crippen molar-refractivity contribution in [3.05, 3.63) is 59.9 Å². The molecule has 3 rings (SSSR count). The van der Waals surface area contributed by atoms with E-state index in [4.69, 9.17) is 16.2 Å². The summed E-state index contributed by atoms with van der Waals surface area (Å²) in [5.74, 6) is -0.892. The number of halogens is 1. The van der Waals surface area contributed by atoms with Gasteiger partial charge in [-0.25, -0.2) is 4.79 Å². The predicted molar refractivity (Wildman–Crippen MR) is 129 cm³/mol. The number of nitrogens with zero attached hydrogens (tertiary/aromatic N) is 2. The third kappa shape index (κ3) is 7.34. The number of carbonyl (C=O) groups excluding carboxylic acids is 2. The van der Waals surface area contributed by atoms with Crippen molar-refractivity contribution >= 4 is 41.8 Å². The van der Waals surface area contributed by atoms with Gasteiger partial charge in [0.15, 0.2) is 0 Å². The number of nitrogens with one attached hydrogen (secondary N) is 4. The standard InChI is InChI=1S/C22H27N7O4.ClH/c23-20(24)14-4-3-5-16(12-14)28-19(17-6-1-2-9-25-17)21(31)26-13-18(30)27-15-7-10-29(11-8-15)22(32)33;/h1-6,9,12,15,19,28H,7-8,10-11,13H2,(H3,23,24)(H,26,31)(H,27,30)(H,32,33);1H. The van der Waals surface area contributed by atoms with E-state index in [1.54, 1.807) is 48.7 Å². The third-order valence-electron chi connectivity index (χ3n) is 5.28. The van der Waals surface area contributed by atoms with Crippen molar-refractivity contribution in [3.8, 4) is 0 Å². The Labute approximate surface area is 203 Å². The molecule has 2 heterocycles. The fourth-order valence-electron chi connectivity index (χ4n) is 3.53. The van der Waals surface area contributed by atoms with E-state index in [2.05, 4.69) is 20.9 Å². The minimum atomic E-state index is -0.964. The van der Waals surface area contributed by atoms with Gasteiger partial charge in [0.05, 0.1) is 12.2 Å². The maximum Gasteiger partial charge on any atom is 0.407 e. The van der Waals surface area contributed by atoms with Gasteiger partial charge in [0.1, 0.15) is 11.9 Å². The van der Waals surface area contributed by atoms with E-state index < -0.39 is 18.0 Å². The SMILES string of the molecule is Cl.N=C(N)c1cccc(NC(C(=O)NCC(=O)NC2CCN(C(=O)O)CC2)c2ccccn2)c1. The minimum absolute atomic E-state index is 0. The highest BCUT2D eigenvalue weighted by molar-refractivity contribution is 5.96. The lowest BCUT2D eigenvalue weighted by atomic mass is 10.1. The second kappa shape index (κ2) is 12.4. The first kappa shape index (κ1) is 26.4. The number of amidine groups is 1. The van der Waals surface area contributed by atoms with E-state index in [0.29, 0.717) is 42.9 Å². The van der Waals surface area contributed by atoms with Crippen LogP contribution in [0.25, 0.3) is 0 Å². The van der Waals surface area contributed by atoms with E-state index in [-0.39, 0.29) is 36.7 Å². The fraction of sp³-hybridized carbons (Fsp3) is 0.318. The van der Waals surface area contributed by atoms with Crippen LogP contribution in [0.5, 0.6) is 0 Å². The van der Waals surface area contributed by atoms with Crippen LogP contribution in [-0.2, 0) is 9.59 Å². The molecule has 182 valence electrons. The van der Waals surface area contributed by atoms with Crippen LogP contribution in [0.4, 0.5) is 10.5 Å². The zero-order valence-electron chi connectivity index (χ0n) is 18.4. The molecular formula is C22H28ClN7O4. The lowest BCUT2D eigenvalue weighted by Crippen LogP contribution is -2.49. The van der Waals surface area contributed by atoms with Crippen LogP contribution in [0.15, 0.2) is 48.7 Å². The van der Waals surface area contributed by atoms with E-state index in [1.165, 1.54) is 4.90 Å². The van der Waals surface area contributed by atoms with E-state index in [9.17, 15) is 14.4 Å². The van der Waals surface area contributed by atoms with Crippen molar-refractivity contribution in [2.75, 3.05) is 25.0 Å². The summed E-state index contributed by atoms with van der Waals surface area (Å²) in [7, 11) is 0. The Hall–Kier alpha value is -3.86. The van der Waals surface area contributed by atoms with Crippen LogP contribution in [0.1, 0.15) is 30.1 Å². The van der Waals surface area contributed by atoms with Gasteiger partial charge >= 0.3 is 6.09 Å². The lowest BCUT2D eigenvalue weighted by Gasteiger charge is -2.30. The summed E-state index contributed by atoms with van der Waals surface area (Å²) in [6.07, 6.45) is 1.65. The number of benzene rings is 1. The molecule has 3 amide bonds. The Morgan fingerprint density at radius 1 is 1.18 bits per heavy atom. The number of piperidine rings is 1. The van der Waals surface area contributed by atoms with Gasteiger partial charge in [0, 0.05) is 36.6 Å². The Morgan fingerprint density at radius 2 is 1.91 bits per heavy atom. The molecule has 0 radical (unpaired) electrons. The minimum Gasteiger partial charge on any atom is -0.465 e. The van der Waals surface area contributed by atoms with Gasteiger partial charge < -0.3 is 31.7 Å². The molecule has 1 fully saturated rings. The fourth-order valence-corrected chi connectivity index (χ4v) is 3.53. The summed E-state index contributed by atoms with van der Waals surface area (Å²) in [5, 5.41) is 25.2. The number of carbonyl (C=O) groups is 3. The summed E-state index contributed by atoms with van der Waals surface area (Å²) >= 11 is 0. The zero-order chi connectivity index (χ0) is 23.8. The van der Waals surface area contributed by atoms with Crippen LogP contribution in [0.3, 0.4) is 0 Å². The molecule has 1 unspecified atom stereocenters. The molecule has 1 saturated heterocycles. The highest BCUT2D eigenvalue weighted by atomic mass is 35.5. The van der Waals surface area contributed by atoms with Gasteiger partial charge in [0.2, 0.25) is 11.8 Å². The number of nitrogen functional groups attached to an aromatic ring is 1. The maximum atomic E-state index is 12.9. The van der Waals surface area contributed by atoms with Crippen LogP contribution in [0.2, 0.25) is 0 Å². The topological polar surface area (TPSA) is 174 Å². The summed E-state index contributed by atoms with van der Waals surface area (Å²) < 4.78 is 0. The number of hydrogen-bond acceptors (Lipinski definition) is 6. The van der Waals surface area contributed by atoms with Crippen molar-refractivity contribution in [1.29, 1.82) is 5.41 Å². The molecule has 1 aromatic heterocycles. The van der Waals surface area contributed by atoms with Gasteiger partial charge in [0.25, 0.3) is 0 Å². The largest absolute Gasteiger partial charge is 0.465 e. The highest BCUT2D eigenvalue weighted by Crippen LogP contribution is 2.19. The van der Waals surface area contributed by atoms with E-state index in [1.807, 2.05) is 0 Å². The first-order chi connectivity index (χ1) is 15.8. The normalized spacial score (nSPS) is 14.3. The van der Waals surface area contributed by atoms with Gasteiger partial charge in [-0.15, -0.1) is 12.4 Å². The first-order valence-corrected chi connectivity index (χ1v) is 10.5. The summed E-state index contributed by atoms with van der Waals surface area (Å²) in [4.78, 5) is 41.8. The molecule has 11 nitrogen and oxygen atoms in total. The summed E-state index contributed by atoms with van der Waals surface area (Å²) in [5.41, 5.74) is 7.10. The monoisotopic (exact) mass is 489 g/mol. The van der Waals surface area contributed by atoms with Gasteiger partial charge in [-0.3, -0.25) is 20.0 Å².